The van der Waals surface area contributed by atoms with Crippen LogP contribution in [0.25, 0.3) is 0 Å². The Morgan fingerprint density at radius 1 is 1.11 bits per heavy atom. The van der Waals surface area contributed by atoms with Crippen LogP contribution in [0.1, 0.15) is 1.43 Å². The maximum absolute atomic E-state index is 10.7. The van der Waals surface area contributed by atoms with Gasteiger partial charge in [0.05, 0.1) is 17.9 Å². The van der Waals surface area contributed by atoms with E-state index in [0.29, 0.717) is 0 Å². The fraction of sp³-hybridized carbons (Fsp3) is 0.222. The Balaban J connectivity index is 0.000000360. The van der Waals surface area contributed by atoms with Crippen molar-refractivity contribution in [1.82, 2.24) is 0 Å². The normalized spacial score (nSPS) is 18.1. The molecule has 9 heteroatoms. The third-order valence-corrected chi connectivity index (χ3v) is 1.88. The minimum atomic E-state index is -10.7. The summed E-state index contributed by atoms with van der Waals surface area (Å²) < 4.78 is 59.2. The van der Waals surface area contributed by atoms with Crippen molar-refractivity contribution >= 4 is 25.4 Å². The van der Waals surface area contributed by atoms with Crippen LogP contribution in [0.15, 0.2) is 29.3 Å². The average molecular weight is 292 g/mol. The van der Waals surface area contributed by atoms with Crippen molar-refractivity contribution in [3.05, 3.63) is 24.3 Å². The summed E-state index contributed by atoms with van der Waals surface area (Å²) in [6.07, 6.45) is 1.93. The van der Waals surface area contributed by atoms with Gasteiger partial charge in [-0.25, -0.2) is 0 Å². The van der Waals surface area contributed by atoms with E-state index in [9.17, 15) is 25.2 Å². The molecule has 0 aliphatic carbocycles. The second-order valence-corrected chi connectivity index (χ2v) is 5.56. The number of para-hydroxylation sites is 2. The van der Waals surface area contributed by atoms with E-state index in [1.165, 1.54) is 5.69 Å². The molecule has 0 fully saturated rings. The molecule has 0 atom stereocenters. The molecule has 0 spiro atoms. The molecule has 2 rings (SSSR count). The van der Waals surface area contributed by atoms with E-state index in [1.807, 2.05) is 24.4 Å². The first kappa shape index (κ1) is 14.8. The SMILES string of the molecule is CN1CC=Nc2ccccc21.F[P-](F)(F)(F)(F)F.[H+]. The van der Waals surface area contributed by atoms with Crippen molar-refractivity contribution in [2.75, 3.05) is 18.5 Å². The predicted octanol–water partition coefficient (Wildman–Crippen LogP) is 5.33. The van der Waals surface area contributed by atoms with Gasteiger partial charge in [-0.15, -0.1) is 0 Å². The summed E-state index contributed by atoms with van der Waals surface area (Å²) >= 11 is 0. The van der Waals surface area contributed by atoms with E-state index >= 15 is 0 Å². The van der Waals surface area contributed by atoms with E-state index in [2.05, 4.69) is 23.0 Å². The molecule has 0 unspecified atom stereocenters. The Morgan fingerprint density at radius 2 is 1.61 bits per heavy atom. The van der Waals surface area contributed by atoms with Crippen LogP contribution in [-0.2, 0) is 0 Å². The van der Waals surface area contributed by atoms with Crippen LogP contribution < -0.4 is 4.90 Å². The Kier molecular flexibility index (Phi) is 3.15. The number of aliphatic imine (C=N–C) groups is 1. The monoisotopic (exact) mass is 292 g/mol. The summed E-state index contributed by atoms with van der Waals surface area (Å²) in [5.41, 5.74) is 2.29. The molecule has 0 amide bonds. The molecule has 0 N–H and O–H groups in total. The number of nitrogens with zero attached hydrogens (tertiary/aromatic N) is 2. The molecule has 1 aromatic rings. The standard InChI is InChI=1S/C9H10N2.F6P/c1-11-7-6-10-8-4-2-3-5-9(8)11;1-7(2,3,4,5)6/h2-6H,7H2,1H3;/q;-1/p+1. The summed E-state index contributed by atoms with van der Waals surface area (Å²) in [5, 5.41) is 0. The van der Waals surface area contributed by atoms with E-state index < -0.39 is 7.81 Å². The molecule has 1 aromatic carbocycles. The fourth-order valence-corrected chi connectivity index (χ4v) is 1.26. The van der Waals surface area contributed by atoms with Gasteiger partial charge in [0.25, 0.3) is 0 Å². The van der Waals surface area contributed by atoms with Crippen LogP contribution in [0, 0.1) is 0 Å². The number of hydrogen-bond donors (Lipinski definition) is 0. The van der Waals surface area contributed by atoms with Crippen molar-refractivity contribution in [3.8, 4) is 0 Å². The second kappa shape index (κ2) is 3.85. The predicted molar refractivity (Wildman–Crippen MR) is 62.5 cm³/mol. The minimum Gasteiger partial charge on any atom is 1.00 e. The zero-order valence-electron chi connectivity index (χ0n) is 10.2. The first-order valence-corrected chi connectivity index (χ1v) is 6.75. The van der Waals surface area contributed by atoms with Gasteiger partial charge in [0.2, 0.25) is 0 Å². The minimum absolute atomic E-state index is 0. The quantitative estimate of drug-likeness (QED) is 0.466. The molecule has 1 heterocycles. The topological polar surface area (TPSA) is 15.6 Å². The maximum Gasteiger partial charge on any atom is 1.00 e. The fourth-order valence-electron chi connectivity index (χ4n) is 1.26. The van der Waals surface area contributed by atoms with Gasteiger partial charge < -0.3 is 4.90 Å². The molecular formula is C9H11F6N2P. The molecule has 1 aliphatic heterocycles. The van der Waals surface area contributed by atoms with Crippen molar-refractivity contribution < 1.29 is 26.6 Å². The summed E-state index contributed by atoms with van der Waals surface area (Å²) in [7, 11) is -8.58. The molecule has 104 valence electrons. The van der Waals surface area contributed by atoms with Gasteiger partial charge in [0.1, 0.15) is 0 Å². The molecule has 18 heavy (non-hydrogen) atoms. The number of anilines is 1. The molecule has 0 bridgehead atoms. The second-order valence-electron chi connectivity index (χ2n) is 3.64. The first-order valence-electron chi connectivity index (χ1n) is 4.72. The van der Waals surface area contributed by atoms with Gasteiger partial charge in [-0.2, -0.15) is 0 Å². The molecule has 2 nitrogen and oxygen atoms in total. The molecule has 0 aromatic heterocycles. The van der Waals surface area contributed by atoms with Gasteiger partial charge in [0, 0.05) is 13.3 Å². The van der Waals surface area contributed by atoms with Crippen molar-refractivity contribution in [1.29, 1.82) is 0 Å². The van der Waals surface area contributed by atoms with Crippen molar-refractivity contribution in [2.24, 2.45) is 4.99 Å². The smallest absolute Gasteiger partial charge is 1.00 e. The number of hydrogen-bond acceptors (Lipinski definition) is 2. The van der Waals surface area contributed by atoms with Crippen molar-refractivity contribution in [3.63, 3.8) is 0 Å². The number of halogens is 6. The number of rotatable bonds is 0. The Labute approximate surface area is 101 Å². The molecule has 1 aliphatic rings. The van der Waals surface area contributed by atoms with E-state index in [4.69, 9.17) is 0 Å². The molecular weight excluding hydrogens is 281 g/mol. The maximum atomic E-state index is 9.87. The summed E-state index contributed by atoms with van der Waals surface area (Å²) in [4.78, 5) is 6.46. The van der Waals surface area contributed by atoms with E-state index in [0.717, 1.165) is 12.2 Å². The summed E-state index contributed by atoms with van der Waals surface area (Å²) in [6, 6.07) is 8.17. The first-order chi connectivity index (χ1) is 7.83. The summed E-state index contributed by atoms with van der Waals surface area (Å²) in [5.74, 6) is 0. The average Bonchev–Trinajstić information content (AvgIpc) is 2.14. The van der Waals surface area contributed by atoms with Gasteiger partial charge in [0.15, 0.2) is 0 Å². The van der Waals surface area contributed by atoms with Crippen LogP contribution in [-0.4, -0.2) is 19.8 Å². The Bertz CT molecular complexity index is 461. The zero-order valence-corrected chi connectivity index (χ0v) is 10.1. The van der Waals surface area contributed by atoms with Crippen LogP contribution in [0.3, 0.4) is 0 Å². The number of benzene rings is 1. The third-order valence-electron chi connectivity index (χ3n) is 1.88. The molecule has 0 saturated heterocycles. The van der Waals surface area contributed by atoms with Gasteiger partial charge in [-0.05, 0) is 12.1 Å². The van der Waals surface area contributed by atoms with E-state index in [-0.39, 0.29) is 1.43 Å². The third kappa shape index (κ3) is 7.11. The Hall–Kier alpha value is -1.30. The summed E-state index contributed by atoms with van der Waals surface area (Å²) in [6.45, 7) is 0.914. The molecule has 0 radical (unpaired) electrons. The van der Waals surface area contributed by atoms with Gasteiger partial charge >= 0.3 is 34.4 Å². The molecule has 0 saturated carbocycles. The van der Waals surface area contributed by atoms with Crippen molar-refractivity contribution in [2.45, 2.75) is 0 Å². The van der Waals surface area contributed by atoms with Crippen LogP contribution in [0.2, 0.25) is 0 Å². The van der Waals surface area contributed by atoms with E-state index in [1.54, 1.807) is 0 Å². The zero-order chi connectivity index (χ0) is 14.1. The van der Waals surface area contributed by atoms with Crippen LogP contribution in [0.4, 0.5) is 36.6 Å². The largest absolute Gasteiger partial charge is 1.00 e. The van der Waals surface area contributed by atoms with Gasteiger partial charge in [-0.1, -0.05) is 12.1 Å². The van der Waals surface area contributed by atoms with Crippen LogP contribution in [0.5, 0.6) is 0 Å². The Morgan fingerprint density at radius 3 is 2.11 bits per heavy atom. The van der Waals surface area contributed by atoms with Gasteiger partial charge in [-0.3, -0.25) is 4.99 Å². The number of fused-ring (bicyclic) bond motifs is 1. The van der Waals surface area contributed by atoms with Crippen LogP contribution >= 0.6 is 7.81 Å².